The first-order valence-corrected chi connectivity index (χ1v) is 3.53. The molecule has 2 aliphatic rings. The van der Waals surface area contributed by atoms with Crippen LogP contribution in [0.4, 0.5) is 0 Å². The molecule has 1 heteroatoms. The molecule has 10 heavy (non-hydrogen) atoms. The Balaban J connectivity index is 0.000000148. The minimum atomic E-state index is 1.19. The third-order valence-electron chi connectivity index (χ3n) is 1.43. The second-order valence-electron chi connectivity index (χ2n) is 2.49. The number of nitrogens with one attached hydrogen (secondary N) is 1. The second-order valence-corrected chi connectivity index (χ2v) is 2.49. The fraction of sp³-hybridized carbons (Fsp3) is 0.333. The molecule has 2 rings (SSSR count). The molecule has 0 spiro atoms. The molecular weight excluding hydrogens is 122 g/mol. The first-order chi connectivity index (χ1) is 4.86. The SMILES string of the molecule is C1=CC2=CC=C1C2.CNC. The van der Waals surface area contributed by atoms with Crippen molar-refractivity contribution in [1.82, 2.24) is 5.32 Å². The van der Waals surface area contributed by atoms with Gasteiger partial charge in [-0.25, -0.2) is 0 Å². The van der Waals surface area contributed by atoms with Crippen molar-refractivity contribution < 1.29 is 0 Å². The van der Waals surface area contributed by atoms with Gasteiger partial charge in [0, 0.05) is 0 Å². The molecule has 0 aromatic heterocycles. The maximum absolute atomic E-state index is 2.75. The Kier molecular flexibility index (Phi) is 2.46. The van der Waals surface area contributed by atoms with E-state index in [2.05, 4.69) is 29.6 Å². The van der Waals surface area contributed by atoms with Crippen LogP contribution in [0, 0.1) is 0 Å². The summed E-state index contributed by atoms with van der Waals surface area (Å²) in [6, 6.07) is 0. The monoisotopic (exact) mass is 135 g/mol. The lowest BCUT2D eigenvalue weighted by molar-refractivity contribution is 1.02. The van der Waals surface area contributed by atoms with Crippen molar-refractivity contribution in [2.45, 2.75) is 6.42 Å². The van der Waals surface area contributed by atoms with Crippen LogP contribution in [0.15, 0.2) is 35.5 Å². The van der Waals surface area contributed by atoms with E-state index in [1.807, 2.05) is 14.1 Å². The van der Waals surface area contributed by atoms with E-state index in [0.717, 1.165) is 0 Å². The van der Waals surface area contributed by atoms with Gasteiger partial charge in [-0.15, -0.1) is 0 Å². The molecule has 0 saturated carbocycles. The summed E-state index contributed by atoms with van der Waals surface area (Å²) in [4.78, 5) is 0. The Morgan fingerprint density at radius 2 is 1.50 bits per heavy atom. The van der Waals surface area contributed by atoms with Crippen LogP contribution >= 0.6 is 0 Å². The molecule has 0 unspecified atom stereocenters. The predicted molar refractivity (Wildman–Crippen MR) is 44.9 cm³/mol. The van der Waals surface area contributed by atoms with Crippen molar-refractivity contribution in [3.05, 3.63) is 35.5 Å². The van der Waals surface area contributed by atoms with Crippen LogP contribution in [0.5, 0.6) is 0 Å². The summed E-state index contributed by atoms with van der Waals surface area (Å²) >= 11 is 0. The van der Waals surface area contributed by atoms with Gasteiger partial charge in [0.05, 0.1) is 0 Å². The highest BCUT2D eigenvalue weighted by atomic mass is 14.7. The van der Waals surface area contributed by atoms with E-state index in [-0.39, 0.29) is 0 Å². The molecule has 0 aromatic rings. The summed E-state index contributed by atoms with van der Waals surface area (Å²) in [5, 5.41) is 2.75. The Labute approximate surface area is 62.1 Å². The normalized spacial score (nSPS) is 17.8. The largest absolute Gasteiger partial charge is 0.323 e. The van der Waals surface area contributed by atoms with Gasteiger partial charge in [0.2, 0.25) is 0 Å². The number of rotatable bonds is 0. The molecule has 0 saturated heterocycles. The van der Waals surface area contributed by atoms with E-state index in [1.165, 1.54) is 17.6 Å². The number of hydrogen-bond donors (Lipinski definition) is 1. The minimum absolute atomic E-state index is 1.19. The fourth-order valence-corrected chi connectivity index (χ4v) is 1.01. The molecule has 0 amide bonds. The maximum atomic E-state index is 2.75. The number of fused-ring (bicyclic) bond motifs is 2. The first kappa shape index (κ1) is 7.29. The van der Waals surface area contributed by atoms with Crippen LogP contribution in [0.3, 0.4) is 0 Å². The van der Waals surface area contributed by atoms with Gasteiger partial charge in [0.1, 0.15) is 0 Å². The molecule has 54 valence electrons. The van der Waals surface area contributed by atoms with Gasteiger partial charge < -0.3 is 5.32 Å². The zero-order chi connectivity index (χ0) is 7.40. The summed E-state index contributed by atoms with van der Waals surface area (Å²) in [5.41, 5.74) is 2.94. The molecule has 0 fully saturated rings. The van der Waals surface area contributed by atoms with Gasteiger partial charge in [-0.1, -0.05) is 24.3 Å². The molecule has 0 heterocycles. The molecule has 2 bridgehead atoms. The van der Waals surface area contributed by atoms with Crippen molar-refractivity contribution in [2.24, 2.45) is 0 Å². The first-order valence-electron chi connectivity index (χ1n) is 3.53. The Bertz CT molecular complexity index is 177. The molecule has 1 nitrogen and oxygen atoms in total. The van der Waals surface area contributed by atoms with Gasteiger partial charge in [-0.05, 0) is 31.7 Å². The smallest absolute Gasteiger partial charge is 0.00258 e. The zero-order valence-electron chi connectivity index (χ0n) is 6.52. The van der Waals surface area contributed by atoms with Gasteiger partial charge in [-0.2, -0.15) is 0 Å². The number of allylic oxidation sites excluding steroid dienone is 6. The van der Waals surface area contributed by atoms with E-state index < -0.39 is 0 Å². The minimum Gasteiger partial charge on any atom is -0.323 e. The summed E-state index contributed by atoms with van der Waals surface area (Å²) < 4.78 is 0. The van der Waals surface area contributed by atoms with E-state index in [4.69, 9.17) is 0 Å². The van der Waals surface area contributed by atoms with Gasteiger partial charge in [-0.3, -0.25) is 0 Å². The molecule has 2 aliphatic carbocycles. The second kappa shape index (κ2) is 3.37. The highest BCUT2D eigenvalue weighted by Gasteiger charge is 2.07. The highest BCUT2D eigenvalue weighted by Crippen LogP contribution is 2.27. The van der Waals surface area contributed by atoms with Gasteiger partial charge >= 0.3 is 0 Å². The Hall–Kier alpha value is -0.820. The predicted octanol–water partition coefficient (Wildman–Crippen LogP) is 1.65. The lowest BCUT2D eigenvalue weighted by atomic mass is 10.3. The third-order valence-corrected chi connectivity index (χ3v) is 1.43. The van der Waals surface area contributed by atoms with Crippen LogP contribution in [0.25, 0.3) is 0 Å². The van der Waals surface area contributed by atoms with Crippen LogP contribution in [0.1, 0.15) is 6.42 Å². The maximum Gasteiger partial charge on any atom is -0.00258 e. The Morgan fingerprint density at radius 3 is 1.60 bits per heavy atom. The van der Waals surface area contributed by atoms with Crippen molar-refractivity contribution in [3.63, 3.8) is 0 Å². The Morgan fingerprint density at radius 1 is 1.10 bits per heavy atom. The zero-order valence-corrected chi connectivity index (χ0v) is 6.52. The average molecular weight is 135 g/mol. The van der Waals surface area contributed by atoms with E-state index in [1.54, 1.807) is 0 Å². The average Bonchev–Trinajstić information content (AvgIpc) is 2.49. The quantitative estimate of drug-likeness (QED) is 0.532. The van der Waals surface area contributed by atoms with Gasteiger partial charge in [0.25, 0.3) is 0 Å². The lowest BCUT2D eigenvalue weighted by Crippen LogP contribution is -1.89. The van der Waals surface area contributed by atoms with Crippen LogP contribution in [-0.4, -0.2) is 14.1 Å². The standard InChI is InChI=1S/C7H6.C2H7N/c1-2-7-4-3-6(1)5-7;1-3-2/h1-4H,5H2;3H,1-2H3. The molecule has 0 aromatic carbocycles. The van der Waals surface area contributed by atoms with E-state index in [0.29, 0.717) is 0 Å². The molecular formula is C9H13N. The fourth-order valence-electron chi connectivity index (χ4n) is 1.01. The highest BCUT2D eigenvalue weighted by molar-refractivity contribution is 5.49. The van der Waals surface area contributed by atoms with E-state index >= 15 is 0 Å². The van der Waals surface area contributed by atoms with Crippen molar-refractivity contribution in [1.29, 1.82) is 0 Å². The third kappa shape index (κ3) is 1.58. The topological polar surface area (TPSA) is 12.0 Å². The summed E-state index contributed by atoms with van der Waals surface area (Å²) in [7, 11) is 3.75. The van der Waals surface area contributed by atoms with Crippen molar-refractivity contribution in [3.8, 4) is 0 Å². The van der Waals surface area contributed by atoms with Crippen molar-refractivity contribution >= 4 is 0 Å². The molecule has 0 atom stereocenters. The number of hydrogen-bond acceptors (Lipinski definition) is 1. The molecule has 0 radical (unpaired) electrons. The molecule has 0 aliphatic heterocycles. The summed E-state index contributed by atoms with van der Waals surface area (Å²) in [6.45, 7) is 0. The van der Waals surface area contributed by atoms with Crippen LogP contribution in [0.2, 0.25) is 0 Å². The van der Waals surface area contributed by atoms with E-state index in [9.17, 15) is 0 Å². The van der Waals surface area contributed by atoms with Gasteiger partial charge in [0.15, 0.2) is 0 Å². The van der Waals surface area contributed by atoms with Crippen LogP contribution in [-0.2, 0) is 0 Å². The van der Waals surface area contributed by atoms with Crippen LogP contribution < -0.4 is 5.32 Å². The summed E-state index contributed by atoms with van der Waals surface area (Å²) in [6.07, 6.45) is 9.90. The summed E-state index contributed by atoms with van der Waals surface area (Å²) in [5.74, 6) is 0. The van der Waals surface area contributed by atoms with Crippen molar-refractivity contribution in [2.75, 3.05) is 14.1 Å². The lowest BCUT2D eigenvalue weighted by Gasteiger charge is -1.77. The molecule has 1 N–H and O–H groups in total.